The normalized spacial score (nSPS) is 16.4. The number of carbonyl (C=O) groups is 2. The molecule has 23 heavy (non-hydrogen) atoms. The number of aromatic hydroxyl groups is 1. The molecule has 4 nitrogen and oxygen atoms in total. The number of phenols is 1. The maximum absolute atomic E-state index is 12.4. The van der Waals surface area contributed by atoms with E-state index in [0.29, 0.717) is 10.5 Å². The van der Waals surface area contributed by atoms with Crippen LogP contribution in [-0.4, -0.2) is 21.2 Å². The van der Waals surface area contributed by atoms with E-state index in [9.17, 15) is 14.7 Å². The van der Waals surface area contributed by atoms with Gasteiger partial charge in [0.25, 0.3) is 11.1 Å². The molecule has 0 unspecified atom stereocenters. The van der Waals surface area contributed by atoms with Crippen molar-refractivity contribution in [2.24, 2.45) is 0 Å². The van der Waals surface area contributed by atoms with Crippen molar-refractivity contribution in [2.45, 2.75) is 6.54 Å². The zero-order valence-electron chi connectivity index (χ0n) is 11.9. The van der Waals surface area contributed by atoms with E-state index >= 15 is 0 Å². The Balaban J connectivity index is 1.83. The van der Waals surface area contributed by atoms with Gasteiger partial charge in [0.2, 0.25) is 0 Å². The average Bonchev–Trinajstić information content (AvgIpc) is 2.80. The van der Waals surface area contributed by atoms with Crippen molar-refractivity contribution in [2.75, 3.05) is 0 Å². The van der Waals surface area contributed by atoms with Crippen LogP contribution in [0.4, 0.5) is 4.79 Å². The number of amides is 2. The van der Waals surface area contributed by atoms with Crippen LogP contribution < -0.4 is 0 Å². The molecule has 0 radical (unpaired) electrons. The number of rotatable bonds is 3. The minimum Gasteiger partial charge on any atom is -0.506 e. The molecule has 3 rings (SSSR count). The highest BCUT2D eigenvalue weighted by atomic mass is 35.5. The molecular formula is C17H12ClNO3S. The highest BCUT2D eigenvalue weighted by molar-refractivity contribution is 8.18. The lowest BCUT2D eigenvalue weighted by molar-refractivity contribution is -0.123. The number of halogens is 1. The standard InChI is InChI=1S/C17H12ClNO3S/c18-13-8-12(6-7-14(13)20)9-15-16(21)19(17(22)23-15)10-11-4-2-1-3-5-11/h1-9,20H,10H2/b15-9-. The van der Waals surface area contributed by atoms with Gasteiger partial charge in [0.05, 0.1) is 16.5 Å². The molecule has 0 aromatic heterocycles. The third kappa shape index (κ3) is 3.41. The van der Waals surface area contributed by atoms with Crippen molar-refractivity contribution in [3.05, 3.63) is 69.6 Å². The SMILES string of the molecule is O=C1S/C(=C\c2ccc(O)c(Cl)c2)C(=O)N1Cc1ccccc1. The van der Waals surface area contributed by atoms with E-state index in [1.807, 2.05) is 30.3 Å². The Morgan fingerprint density at radius 1 is 1.13 bits per heavy atom. The molecule has 2 amide bonds. The Kier molecular flexibility index (Phi) is 4.41. The molecule has 0 saturated carbocycles. The summed E-state index contributed by atoms with van der Waals surface area (Å²) in [6, 6.07) is 14.0. The van der Waals surface area contributed by atoms with Crippen LogP contribution >= 0.6 is 23.4 Å². The molecular weight excluding hydrogens is 334 g/mol. The summed E-state index contributed by atoms with van der Waals surface area (Å²) in [5.74, 6) is -0.353. The number of benzene rings is 2. The summed E-state index contributed by atoms with van der Waals surface area (Å²) < 4.78 is 0. The summed E-state index contributed by atoms with van der Waals surface area (Å²) in [6.07, 6.45) is 1.60. The van der Waals surface area contributed by atoms with Crippen LogP contribution in [0.2, 0.25) is 5.02 Å². The summed E-state index contributed by atoms with van der Waals surface area (Å²) >= 11 is 6.75. The Bertz CT molecular complexity index is 805. The molecule has 0 atom stereocenters. The first-order valence-corrected chi connectivity index (χ1v) is 8.02. The van der Waals surface area contributed by atoms with Gasteiger partial charge in [0.1, 0.15) is 5.75 Å². The zero-order chi connectivity index (χ0) is 16.4. The molecule has 0 spiro atoms. The average molecular weight is 346 g/mol. The summed E-state index contributed by atoms with van der Waals surface area (Å²) in [5, 5.41) is 9.32. The summed E-state index contributed by atoms with van der Waals surface area (Å²) in [7, 11) is 0. The van der Waals surface area contributed by atoms with Gasteiger partial charge in [-0.15, -0.1) is 0 Å². The Hall–Kier alpha value is -2.24. The van der Waals surface area contributed by atoms with Gasteiger partial charge in [-0.05, 0) is 41.1 Å². The van der Waals surface area contributed by atoms with E-state index < -0.39 is 0 Å². The highest BCUT2D eigenvalue weighted by Gasteiger charge is 2.34. The third-order valence-electron chi connectivity index (χ3n) is 3.33. The van der Waals surface area contributed by atoms with Gasteiger partial charge in [0, 0.05) is 0 Å². The Morgan fingerprint density at radius 2 is 1.87 bits per heavy atom. The number of imide groups is 1. The molecule has 0 aliphatic carbocycles. The van der Waals surface area contributed by atoms with Gasteiger partial charge >= 0.3 is 0 Å². The minimum atomic E-state index is -0.326. The van der Waals surface area contributed by atoms with Gasteiger partial charge in [0.15, 0.2) is 0 Å². The predicted octanol–water partition coefficient (Wildman–Crippen LogP) is 4.28. The van der Waals surface area contributed by atoms with E-state index in [2.05, 4.69) is 0 Å². The van der Waals surface area contributed by atoms with Gasteiger partial charge in [-0.1, -0.05) is 48.0 Å². The maximum atomic E-state index is 12.4. The van der Waals surface area contributed by atoms with Crippen molar-refractivity contribution in [3.63, 3.8) is 0 Å². The molecule has 2 aromatic carbocycles. The van der Waals surface area contributed by atoms with Crippen LogP contribution in [-0.2, 0) is 11.3 Å². The molecule has 0 bridgehead atoms. The molecule has 1 fully saturated rings. The highest BCUT2D eigenvalue weighted by Crippen LogP contribution is 2.34. The maximum Gasteiger partial charge on any atom is 0.293 e. The van der Waals surface area contributed by atoms with Crippen molar-refractivity contribution >= 4 is 40.6 Å². The van der Waals surface area contributed by atoms with Gasteiger partial charge < -0.3 is 5.11 Å². The van der Waals surface area contributed by atoms with Crippen LogP contribution in [0.15, 0.2) is 53.4 Å². The second-order valence-electron chi connectivity index (χ2n) is 4.96. The zero-order valence-corrected chi connectivity index (χ0v) is 13.5. The molecule has 2 aromatic rings. The van der Waals surface area contributed by atoms with Crippen LogP contribution in [0.1, 0.15) is 11.1 Å². The number of nitrogens with zero attached hydrogens (tertiary/aromatic N) is 1. The van der Waals surface area contributed by atoms with Crippen LogP contribution in [0.5, 0.6) is 5.75 Å². The second kappa shape index (κ2) is 6.48. The summed E-state index contributed by atoms with van der Waals surface area (Å²) in [5.41, 5.74) is 1.54. The van der Waals surface area contributed by atoms with Crippen LogP contribution in [0.25, 0.3) is 6.08 Å². The lowest BCUT2D eigenvalue weighted by Crippen LogP contribution is -2.27. The van der Waals surface area contributed by atoms with Crippen molar-refractivity contribution in [3.8, 4) is 5.75 Å². The molecule has 1 N–H and O–H groups in total. The first kappa shape index (κ1) is 15.6. The molecule has 1 aliphatic heterocycles. The lowest BCUT2D eigenvalue weighted by atomic mass is 10.2. The third-order valence-corrected chi connectivity index (χ3v) is 4.54. The Morgan fingerprint density at radius 3 is 2.57 bits per heavy atom. The van der Waals surface area contributed by atoms with E-state index in [1.54, 1.807) is 18.2 Å². The number of hydrogen-bond donors (Lipinski definition) is 1. The smallest absolute Gasteiger partial charge is 0.293 e. The summed E-state index contributed by atoms with van der Waals surface area (Å²) in [6.45, 7) is 0.249. The quantitative estimate of drug-likeness (QED) is 0.843. The van der Waals surface area contributed by atoms with Crippen molar-refractivity contribution in [1.82, 2.24) is 4.90 Å². The topological polar surface area (TPSA) is 57.6 Å². The summed E-state index contributed by atoms with van der Waals surface area (Å²) in [4.78, 5) is 26.0. The fourth-order valence-corrected chi connectivity index (χ4v) is 3.19. The number of thioether (sulfide) groups is 1. The second-order valence-corrected chi connectivity index (χ2v) is 6.36. The van der Waals surface area contributed by atoms with E-state index in [4.69, 9.17) is 11.6 Å². The predicted molar refractivity (Wildman–Crippen MR) is 91.1 cm³/mol. The van der Waals surface area contributed by atoms with Gasteiger partial charge in [-0.25, -0.2) is 0 Å². The van der Waals surface area contributed by atoms with Crippen LogP contribution in [0, 0.1) is 0 Å². The monoisotopic (exact) mass is 345 g/mol. The minimum absolute atomic E-state index is 0.0269. The molecule has 1 heterocycles. The molecule has 6 heteroatoms. The number of hydrogen-bond acceptors (Lipinski definition) is 4. The van der Waals surface area contributed by atoms with Crippen molar-refractivity contribution < 1.29 is 14.7 Å². The first-order valence-electron chi connectivity index (χ1n) is 6.82. The van der Waals surface area contributed by atoms with E-state index in [-0.39, 0.29) is 28.5 Å². The first-order chi connectivity index (χ1) is 11.0. The largest absolute Gasteiger partial charge is 0.506 e. The lowest BCUT2D eigenvalue weighted by Gasteiger charge is -2.12. The molecule has 1 aliphatic rings. The van der Waals surface area contributed by atoms with Crippen LogP contribution in [0.3, 0.4) is 0 Å². The van der Waals surface area contributed by atoms with E-state index in [0.717, 1.165) is 17.3 Å². The molecule has 1 saturated heterocycles. The Labute approximate surface area is 142 Å². The van der Waals surface area contributed by atoms with Gasteiger partial charge in [-0.3, -0.25) is 14.5 Å². The number of phenolic OH excluding ortho intramolecular Hbond substituents is 1. The number of carbonyl (C=O) groups excluding carboxylic acids is 2. The fraction of sp³-hybridized carbons (Fsp3) is 0.0588. The van der Waals surface area contributed by atoms with Crippen molar-refractivity contribution in [1.29, 1.82) is 0 Å². The molecule has 116 valence electrons. The van der Waals surface area contributed by atoms with E-state index in [1.165, 1.54) is 11.0 Å². The fourth-order valence-electron chi connectivity index (χ4n) is 2.17. The van der Waals surface area contributed by atoms with Gasteiger partial charge in [-0.2, -0.15) is 0 Å².